The molecular weight excluding hydrogens is 326 g/mol. The van der Waals surface area contributed by atoms with Crippen LogP contribution in [-0.4, -0.2) is 71.0 Å². The summed E-state index contributed by atoms with van der Waals surface area (Å²) in [6.07, 6.45) is 5.32. The number of piperazine rings is 1. The Morgan fingerprint density at radius 2 is 1.77 bits per heavy atom. The second-order valence-corrected chi connectivity index (χ2v) is 7.78. The normalized spacial score (nSPS) is 19.5. The van der Waals surface area contributed by atoms with Crippen molar-refractivity contribution in [2.75, 3.05) is 44.2 Å². The maximum Gasteiger partial charge on any atom is 0.270 e. The van der Waals surface area contributed by atoms with Gasteiger partial charge in [0.1, 0.15) is 11.5 Å². The molecule has 26 heavy (non-hydrogen) atoms. The summed E-state index contributed by atoms with van der Waals surface area (Å²) in [4.78, 5) is 27.4. The second-order valence-electron chi connectivity index (χ2n) is 7.78. The van der Waals surface area contributed by atoms with Crippen molar-refractivity contribution >= 4 is 22.6 Å². The molecule has 6 nitrogen and oxygen atoms in total. The van der Waals surface area contributed by atoms with E-state index < -0.39 is 0 Å². The summed E-state index contributed by atoms with van der Waals surface area (Å²) >= 11 is 0. The molecule has 0 unspecified atom stereocenters. The number of carbonyl (C=O) groups is 1. The summed E-state index contributed by atoms with van der Waals surface area (Å²) < 4.78 is 0. The van der Waals surface area contributed by atoms with Crippen molar-refractivity contribution in [2.45, 2.75) is 39.2 Å². The number of amides is 1. The quantitative estimate of drug-likeness (QED) is 0.920. The van der Waals surface area contributed by atoms with Gasteiger partial charge >= 0.3 is 0 Å². The number of piperidine rings is 1. The van der Waals surface area contributed by atoms with E-state index in [4.69, 9.17) is 0 Å². The van der Waals surface area contributed by atoms with E-state index >= 15 is 0 Å². The Hall–Kier alpha value is -2.08. The summed E-state index contributed by atoms with van der Waals surface area (Å²) in [5.41, 5.74) is 1.63. The number of aromatic nitrogens is 2. The van der Waals surface area contributed by atoms with Crippen LogP contribution < -0.4 is 4.90 Å². The van der Waals surface area contributed by atoms with E-state index in [9.17, 15) is 4.79 Å². The minimum absolute atomic E-state index is 0.119. The highest BCUT2D eigenvalue weighted by Crippen LogP contribution is 2.23. The largest absolute Gasteiger partial charge is 0.354 e. The first-order valence-electron chi connectivity index (χ1n) is 9.89. The molecule has 4 rings (SSSR count). The summed E-state index contributed by atoms with van der Waals surface area (Å²) in [6.45, 7) is 10.4. The van der Waals surface area contributed by atoms with E-state index in [2.05, 4.69) is 39.7 Å². The predicted octanol–water partition coefficient (Wildman–Crippen LogP) is 2.72. The molecule has 2 aromatic rings. The van der Waals surface area contributed by atoms with Gasteiger partial charge in [0.05, 0.1) is 11.7 Å². The van der Waals surface area contributed by atoms with Crippen molar-refractivity contribution in [1.29, 1.82) is 0 Å². The molecule has 0 saturated carbocycles. The van der Waals surface area contributed by atoms with Crippen LogP contribution in [0.3, 0.4) is 0 Å². The minimum atomic E-state index is 0.119. The maximum absolute atomic E-state index is 12.7. The van der Waals surface area contributed by atoms with Gasteiger partial charge in [0.2, 0.25) is 0 Å². The van der Waals surface area contributed by atoms with E-state index in [1.54, 1.807) is 0 Å². The lowest BCUT2D eigenvalue weighted by Crippen LogP contribution is -2.49. The van der Waals surface area contributed by atoms with Crippen molar-refractivity contribution in [3.8, 4) is 0 Å². The number of fused-ring (bicyclic) bond motifs is 1. The highest BCUT2D eigenvalue weighted by atomic mass is 16.2. The van der Waals surface area contributed by atoms with E-state index in [-0.39, 0.29) is 5.91 Å². The third kappa shape index (κ3) is 3.43. The van der Waals surface area contributed by atoms with Crippen LogP contribution in [0.1, 0.15) is 43.6 Å². The molecule has 1 amide bonds. The zero-order valence-electron chi connectivity index (χ0n) is 15.9. The molecule has 6 heteroatoms. The third-order valence-electron chi connectivity index (χ3n) is 5.73. The lowest BCUT2D eigenvalue weighted by Gasteiger charge is -2.37. The zero-order chi connectivity index (χ0) is 18.1. The minimum Gasteiger partial charge on any atom is -0.354 e. The fourth-order valence-corrected chi connectivity index (χ4v) is 4.04. The van der Waals surface area contributed by atoms with Crippen LogP contribution in [0.4, 0.5) is 5.82 Å². The summed E-state index contributed by atoms with van der Waals surface area (Å²) in [5.74, 6) is 1.13. The van der Waals surface area contributed by atoms with Gasteiger partial charge < -0.3 is 14.8 Å². The van der Waals surface area contributed by atoms with Crippen LogP contribution in [0.5, 0.6) is 0 Å². The number of nitrogens with zero attached hydrogens (tertiary/aromatic N) is 4. The zero-order valence-corrected chi connectivity index (χ0v) is 15.9. The first-order valence-corrected chi connectivity index (χ1v) is 9.89. The molecule has 4 heterocycles. The molecule has 1 N–H and O–H groups in total. The molecule has 0 atom stereocenters. The van der Waals surface area contributed by atoms with Crippen molar-refractivity contribution in [3.63, 3.8) is 0 Å². The Morgan fingerprint density at radius 1 is 1.04 bits per heavy atom. The number of H-pyrrole nitrogens is 1. The highest BCUT2D eigenvalue weighted by Gasteiger charge is 2.22. The van der Waals surface area contributed by atoms with Crippen LogP contribution in [0.2, 0.25) is 0 Å². The Labute approximate surface area is 155 Å². The van der Waals surface area contributed by atoms with Gasteiger partial charge in [0.15, 0.2) is 0 Å². The SMILES string of the molecule is CC(C)N1CCN(c2cc3cc(C(=O)N4CCCCC4)[nH]c3cn2)CC1. The highest BCUT2D eigenvalue weighted by molar-refractivity contribution is 5.98. The topological polar surface area (TPSA) is 55.5 Å². The molecule has 0 aliphatic carbocycles. The number of hydrogen-bond acceptors (Lipinski definition) is 4. The number of aromatic amines is 1. The van der Waals surface area contributed by atoms with Crippen LogP contribution in [0.25, 0.3) is 10.9 Å². The van der Waals surface area contributed by atoms with E-state index in [1.165, 1.54) is 6.42 Å². The number of nitrogens with one attached hydrogen (secondary N) is 1. The van der Waals surface area contributed by atoms with Gasteiger partial charge in [-0.1, -0.05) is 0 Å². The van der Waals surface area contributed by atoms with Gasteiger partial charge in [0.25, 0.3) is 5.91 Å². The van der Waals surface area contributed by atoms with Gasteiger partial charge in [0, 0.05) is 50.7 Å². The molecule has 0 bridgehead atoms. The van der Waals surface area contributed by atoms with Gasteiger partial charge in [-0.05, 0) is 45.2 Å². The molecular formula is C20H29N5O. The molecule has 2 aromatic heterocycles. The monoisotopic (exact) mass is 355 g/mol. The number of likely N-dealkylation sites (tertiary alicyclic amines) is 1. The number of hydrogen-bond donors (Lipinski definition) is 1. The van der Waals surface area contributed by atoms with Crippen LogP contribution in [0.15, 0.2) is 18.3 Å². The average molecular weight is 355 g/mol. The van der Waals surface area contributed by atoms with Gasteiger partial charge in [-0.15, -0.1) is 0 Å². The molecule has 0 radical (unpaired) electrons. The predicted molar refractivity (Wildman–Crippen MR) is 105 cm³/mol. The lowest BCUT2D eigenvalue weighted by molar-refractivity contribution is 0.0719. The van der Waals surface area contributed by atoms with Gasteiger partial charge in [-0.2, -0.15) is 0 Å². The van der Waals surface area contributed by atoms with Crippen molar-refractivity contribution in [2.24, 2.45) is 0 Å². The van der Waals surface area contributed by atoms with Crippen LogP contribution >= 0.6 is 0 Å². The Balaban J connectivity index is 1.50. The van der Waals surface area contributed by atoms with Crippen LogP contribution in [0, 0.1) is 0 Å². The maximum atomic E-state index is 12.7. The summed E-state index contributed by atoms with van der Waals surface area (Å²) in [7, 11) is 0. The number of rotatable bonds is 3. The summed E-state index contributed by atoms with van der Waals surface area (Å²) in [5, 5.41) is 1.07. The molecule has 2 fully saturated rings. The van der Waals surface area contributed by atoms with Gasteiger partial charge in [-0.3, -0.25) is 9.69 Å². The van der Waals surface area contributed by atoms with Crippen molar-refractivity contribution < 1.29 is 4.79 Å². The standard InChI is InChI=1S/C20H29N5O/c1-15(2)23-8-10-24(11-9-23)19-13-16-12-17(22-18(16)14-21-19)20(26)25-6-4-3-5-7-25/h12-15,22H,3-11H2,1-2H3. The fourth-order valence-electron chi connectivity index (χ4n) is 4.04. The third-order valence-corrected chi connectivity index (χ3v) is 5.73. The summed E-state index contributed by atoms with van der Waals surface area (Å²) in [6, 6.07) is 4.70. The van der Waals surface area contributed by atoms with Gasteiger partial charge in [-0.25, -0.2) is 4.98 Å². The first-order chi connectivity index (χ1) is 12.6. The first kappa shape index (κ1) is 17.3. The lowest BCUT2D eigenvalue weighted by atomic mass is 10.1. The average Bonchev–Trinajstić information content (AvgIpc) is 3.11. The molecule has 2 aliphatic rings. The van der Waals surface area contributed by atoms with Crippen molar-refractivity contribution in [3.05, 3.63) is 24.0 Å². The number of anilines is 1. The Kier molecular flexibility index (Phi) is 4.85. The molecule has 0 spiro atoms. The molecule has 2 saturated heterocycles. The number of pyridine rings is 1. The smallest absolute Gasteiger partial charge is 0.270 e. The molecule has 0 aromatic carbocycles. The second kappa shape index (κ2) is 7.27. The fraction of sp³-hybridized carbons (Fsp3) is 0.600. The Morgan fingerprint density at radius 3 is 2.46 bits per heavy atom. The van der Waals surface area contributed by atoms with Crippen LogP contribution in [-0.2, 0) is 0 Å². The van der Waals surface area contributed by atoms with E-state index in [1.807, 2.05) is 17.2 Å². The number of carbonyl (C=O) groups excluding carboxylic acids is 1. The molecule has 140 valence electrons. The van der Waals surface area contributed by atoms with E-state index in [0.717, 1.165) is 68.8 Å². The van der Waals surface area contributed by atoms with E-state index in [0.29, 0.717) is 11.7 Å². The molecule has 2 aliphatic heterocycles. The van der Waals surface area contributed by atoms with Crippen molar-refractivity contribution in [1.82, 2.24) is 19.8 Å². The Bertz CT molecular complexity index is 770.